The van der Waals surface area contributed by atoms with Gasteiger partial charge in [0.2, 0.25) is 10.0 Å². The van der Waals surface area contributed by atoms with Crippen LogP contribution in [0.5, 0.6) is 0 Å². The second-order valence-electron chi connectivity index (χ2n) is 4.45. The van der Waals surface area contributed by atoms with Gasteiger partial charge in [-0.2, -0.15) is 0 Å². The normalized spacial score (nSPS) is 13.4. The zero-order valence-corrected chi connectivity index (χ0v) is 12.2. The molecule has 0 heterocycles. The minimum atomic E-state index is -3.44. The molecular formula is C13H22N2O3S. The van der Waals surface area contributed by atoms with E-state index in [1.54, 1.807) is 24.3 Å². The molecule has 0 aromatic heterocycles. The number of hydrogen-bond acceptors (Lipinski definition) is 4. The van der Waals surface area contributed by atoms with E-state index >= 15 is 0 Å². The van der Waals surface area contributed by atoms with E-state index in [9.17, 15) is 8.42 Å². The molecule has 1 atom stereocenters. The van der Waals surface area contributed by atoms with Crippen molar-refractivity contribution in [3.8, 4) is 0 Å². The number of benzene rings is 1. The summed E-state index contributed by atoms with van der Waals surface area (Å²) in [6, 6.07) is 6.74. The number of sulfonamides is 1. The van der Waals surface area contributed by atoms with Gasteiger partial charge in [0.05, 0.1) is 11.5 Å². The fourth-order valence-corrected chi connectivity index (χ4v) is 2.63. The molecule has 108 valence electrons. The molecule has 6 heteroatoms. The van der Waals surface area contributed by atoms with Crippen LogP contribution in [-0.4, -0.2) is 39.3 Å². The average Bonchev–Trinajstić information content (AvgIpc) is 2.39. The van der Waals surface area contributed by atoms with Gasteiger partial charge in [0.15, 0.2) is 0 Å². The molecule has 0 aliphatic heterocycles. The lowest BCUT2D eigenvalue weighted by molar-refractivity contribution is 0.240. The Morgan fingerprint density at radius 1 is 1.21 bits per heavy atom. The first-order chi connectivity index (χ1) is 8.99. The summed E-state index contributed by atoms with van der Waals surface area (Å²) in [5, 5.41) is 12.1. The van der Waals surface area contributed by atoms with E-state index in [-0.39, 0.29) is 17.5 Å². The van der Waals surface area contributed by atoms with E-state index in [0.717, 1.165) is 12.0 Å². The molecule has 0 spiro atoms. The van der Waals surface area contributed by atoms with Crippen LogP contribution in [0.3, 0.4) is 0 Å². The summed E-state index contributed by atoms with van der Waals surface area (Å²) >= 11 is 0. The molecule has 1 rings (SSSR count). The molecule has 0 radical (unpaired) electrons. The number of nitrogens with one attached hydrogen (secondary N) is 2. The molecule has 0 aliphatic carbocycles. The molecule has 0 unspecified atom stereocenters. The van der Waals surface area contributed by atoms with Crippen molar-refractivity contribution in [1.82, 2.24) is 10.0 Å². The number of hydrogen-bond donors (Lipinski definition) is 3. The molecule has 0 aliphatic rings. The molecule has 19 heavy (non-hydrogen) atoms. The van der Waals surface area contributed by atoms with Crippen molar-refractivity contribution in [2.75, 3.05) is 19.7 Å². The van der Waals surface area contributed by atoms with E-state index < -0.39 is 10.0 Å². The Morgan fingerprint density at radius 2 is 1.84 bits per heavy atom. The Bertz CT molecular complexity index is 467. The van der Waals surface area contributed by atoms with Crippen LogP contribution in [-0.2, 0) is 10.0 Å². The summed E-state index contributed by atoms with van der Waals surface area (Å²) < 4.78 is 26.4. The largest absolute Gasteiger partial charge is 0.395 e. The fourth-order valence-electron chi connectivity index (χ4n) is 1.60. The summed E-state index contributed by atoms with van der Waals surface area (Å²) in [4.78, 5) is 0.271. The number of aliphatic hydroxyl groups excluding tert-OH is 1. The third-order valence-corrected chi connectivity index (χ3v) is 4.37. The molecule has 0 amide bonds. The molecule has 3 N–H and O–H groups in total. The van der Waals surface area contributed by atoms with Gasteiger partial charge in [-0.15, -0.1) is 0 Å². The van der Waals surface area contributed by atoms with E-state index in [1.165, 1.54) is 0 Å². The summed E-state index contributed by atoms with van der Waals surface area (Å²) in [6.45, 7) is 4.72. The first-order valence-corrected chi connectivity index (χ1v) is 7.88. The highest BCUT2D eigenvalue weighted by Gasteiger charge is 2.12. The van der Waals surface area contributed by atoms with Crippen LogP contribution in [0.25, 0.3) is 0 Å². The van der Waals surface area contributed by atoms with Gasteiger partial charge in [-0.3, -0.25) is 0 Å². The van der Waals surface area contributed by atoms with Gasteiger partial charge in [0, 0.05) is 19.1 Å². The number of rotatable bonds is 8. The maximum atomic E-state index is 11.9. The van der Waals surface area contributed by atoms with Crippen molar-refractivity contribution in [2.24, 2.45) is 0 Å². The lowest BCUT2D eigenvalue weighted by Gasteiger charge is -2.14. The van der Waals surface area contributed by atoms with Gasteiger partial charge in [-0.1, -0.05) is 24.6 Å². The maximum Gasteiger partial charge on any atom is 0.240 e. The third kappa shape index (κ3) is 5.28. The Balaban J connectivity index is 2.45. The van der Waals surface area contributed by atoms with Gasteiger partial charge in [-0.05, 0) is 25.5 Å². The van der Waals surface area contributed by atoms with Crippen LogP contribution in [0, 0.1) is 6.92 Å². The predicted molar refractivity (Wildman–Crippen MR) is 75.5 cm³/mol. The topological polar surface area (TPSA) is 78.4 Å². The average molecular weight is 286 g/mol. The molecule has 5 nitrogen and oxygen atoms in total. The first-order valence-electron chi connectivity index (χ1n) is 6.40. The van der Waals surface area contributed by atoms with Crippen LogP contribution >= 0.6 is 0 Å². The van der Waals surface area contributed by atoms with E-state index in [4.69, 9.17) is 5.11 Å². The van der Waals surface area contributed by atoms with Gasteiger partial charge in [0.25, 0.3) is 0 Å². The monoisotopic (exact) mass is 286 g/mol. The first kappa shape index (κ1) is 16.1. The standard InChI is InChI=1S/C13H22N2O3S/c1-3-12(10-16)14-8-9-15-19(17,18)13-6-4-11(2)5-7-13/h4-7,12,14-16H,3,8-10H2,1-2H3/t12-/m1/s1. The van der Waals surface area contributed by atoms with Crippen LogP contribution in [0.15, 0.2) is 29.2 Å². The van der Waals surface area contributed by atoms with Crippen LogP contribution in [0.2, 0.25) is 0 Å². The lowest BCUT2D eigenvalue weighted by Crippen LogP contribution is -2.38. The van der Waals surface area contributed by atoms with Crippen molar-refractivity contribution in [3.05, 3.63) is 29.8 Å². The van der Waals surface area contributed by atoms with Crippen molar-refractivity contribution >= 4 is 10.0 Å². The number of aliphatic hydroxyl groups is 1. The third-order valence-electron chi connectivity index (χ3n) is 2.89. The molecule has 0 saturated heterocycles. The van der Waals surface area contributed by atoms with Crippen molar-refractivity contribution < 1.29 is 13.5 Å². The highest BCUT2D eigenvalue weighted by atomic mass is 32.2. The van der Waals surface area contributed by atoms with Gasteiger partial charge in [-0.25, -0.2) is 13.1 Å². The van der Waals surface area contributed by atoms with Gasteiger partial charge in [0.1, 0.15) is 0 Å². The van der Waals surface area contributed by atoms with Crippen molar-refractivity contribution in [3.63, 3.8) is 0 Å². The Kier molecular flexibility index (Phi) is 6.44. The summed E-state index contributed by atoms with van der Waals surface area (Å²) in [5.41, 5.74) is 1.02. The minimum Gasteiger partial charge on any atom is -0.395 e. The molecule has 0 bridgehead atoms. The van der Waals surface area contributed by atoms with Crippen molar-refractivity contribution in [1.29, 1.82) is 0 Å². The molecule has 1 aromatic rings. The molecule has 0 saturated carbocycles. The van der Waals surface area contributed by atoms with Crippen LogP contribution in [0.4, 0.5) is 0 Å². The van der Waals surface area contributed by atoms with Crippen LogP contribution in [0.1, 0.15) is 18.9 Å². The zero-order valence-electron chi connectivity index (χ0n) is 11.4. The van der Waals surface area contributed by atoms with E-state index in [1.807, 2.05) is 13.8 Å². The highest BCUT2D eigenvalue weighted by Crippen LogP contribution is 2.09. The lowest BCUT2D eigenvalue weighted by atomic mass is 10.2. The highest BCUT2D eigenvalue weighted by molar-refractivity contribution is 7.89. The quantitative estimate of drug-likeness (QED) is 0.613. The predicted octanol–water partition coefficient (Wildman–Crippen LogP) is 0.634. The molecule has 0 fully saturated rings. The van der Waals surface area contributed by atoms with E-state index in [0.29, 0.717) is 13.1 Å². The zero-order chi connectivity index (χ0) is 14.3. The molecule has 1 aromatic carbocycles. The van der Waals surface area contributed by atoms with E-state index in [2.05, 4.69) is 10.0 Å². The fraction of sp³-hybridized carbons (Fsp3) is 0.538. The Morgan fingerprint density at radius 3 is 2.37 bits per heavy atom. The van der Waals surface area contributed by atoms with Gasteiger partial charge >= 0.3 is 0 Å². The molecular weight excluding hydrogens is 264 g/mol. The number of aryl methyl sites for hydroxylation is 1. The van der Waals surface area contributed by atoms with Crippen molar-refractivity contribution in [2.45, 2.75) is 31.2 Å². The Labute approximate surface area is 115 Å². The Hall–Kier alpha value is -0.950. The summed E-state index contributed by atoms with van der Waals surface area (Å²) in [6.07, 6.45) is 0.807. The summed E-state index contributed by atoms with van der Waals surface area (Å²) in [7, 11) is -3.44. The van der Waals surface area contributed by atoms with Crippen LogP contribution < -0.4 is 10.0 Å². The minimum absolute atomic E-state index is 0.0175. The van der Waals surface area contributed by atoms with Gasteiger partial charge < -0.3 is 10.4 Å². The smallest absolute Gasteiger partial charge is 0.240 e. The second-order valence-corrected chi connectivity index (χ2v) is 6.22. The second kappa shape index (κ2) is 7.59. The maximum absolute atomic E-state index is 11.9. The SMILES string of the molecule is CC[C@H](CO)NCCNS(=O)(=O)c1ccc(C)cc1. The summed E-state index contributed by atoms with van der Waals surface area (Å²) in [5.74, 6) is 0.